The minimum Gasteiger partial charge on any atom is -0.405 e. The first-order valence-corrected chi connectivity index (χ1v) is 12.6. The van der Waals surface area contributed by atoms with Crippen LogP contribution in [0.2, 0.25) is 0 Å². The molecule has 1 aromatic heterocycles. The third-order valence-electron chi connectivity index (χ3n) is 6.87. The summed E-state index contributed by atoms with van der Waals surface area (Å²) in [6.45, 7) is 4.78. The van der Waals surface area contributed by atoms with Crippen LogP contribution in [-0.4, -0.2) is 64.9 Å². The fourth-order valence-electron chi connectivity index (χ4n) is 4.96. The van der Waals surface area contributed by atoms with Gasteiger partial charge in [-0.25, -0.2) is 4.98 Å². The van der Waals surface area contributed by atoms with Crippen LogP contribution in [0, 0.1) is 16.0 Å². The Bertz CT molecular complexity index is 1040. The van der Waals surface area contributed by atoms with E-state index in [1.54, 1.807) is 6.07 Å². The van der Waals surface area contributed by atoms with Crippen molar-refractivity contribution in [3.63, 3.8) is 0 Å². The molecule has 4 rings (SSSR count). The van der Waals surface area contributed by atoms with Crippen LogP contribution in [0.25, 0.3) is 0 Å². The molecule has 2 aromatic rings. The quantitative estimate of drug-likeness (QED) is 0.329. The van der Waals surface area contributed by atoms with Gasteiger partial charge in [0.15, 0.2) is 0 Å². The first-order chi connectivity index (χ1) is 17.8. The van der Waals surface area contributed by atoms with Crippen LogP contribution in [0.15, 0.2) is 30.5 Å². The number of para-hydroxylation sites is 1. The fourth-order valence-corrected chi connectivity index (χ4v) is 4.96. The Balaban J connectivity index is 1.34. The van der Waals surface area contributed by atoms with Crippen molar-refractivity contribution in [2.75, 3.05) is 43.4 Å². The molecule has 10 nitrogen and oxygen atoms in total. The Morgan fingerprint density at radius 3 is 2.68 bits per heavy atom. The number of aromatic nitrogens is 2. The third-order valence-corrected chi connectivity index (χ3v) is 6.87. The van der Waals surface area contributed by atoms with Crippen molar-refractivity contribution in [2.24, 2.45) is 5.92 Å². The van der Waals surface area contributed by atoms with Crippen molar-refractivity contribution in [3.8, 4) is 5.75 Å². The van der Waals surface area contributed by atoms with Gasteiger partial charge in [0.2, 0.25) is 11.8 Å². The minimum absolute atomic E-state index is 0.0560. The monoisotopic (exact) mass is 523 g/mol. The molecule has 2 heterocycles. The lowest BCUT2D eigenvalue weighted by atomic mass is 9.85. The van der Waals surface area contributed by atoms with Crippen LogP contribution >= 0.6 is 0 Å². The summed E-state index contributed by atoms with van der Waals surface area (Å²) in [5.74, 6) is 0.185. The van der Waals surface area contributed by atoms with Crippen molar-refractivity contribution < 1.29 is 22.8 Å². The van der Waals surface area contributed by atoms with Gasteiger partial charge in [0.25, 0.3) is 0 Å². The molecule has 0 atom stereocenters. The van der Waals surface area contributed by atoms with Crippen molar-refractivity contribution in [3.05, 3.63) is 46.1 Å². The molecular weight excluding hydrogens is 491 g/mol. The molecule has 202 valence electrons. The molecule has 1 aromatic carbocycles. The van der Waals surface area contributed by atoms with Gasteiger partial charge in [-0.1, -0.05) is 18.2 Å². The molecule has 2 aliphatic rings. The first kappa shape index (κ1) is 26.9. The van der Waals surface area contributed by atoms with E-state index >= 15 is 0 Å². The van der Waals surface area contributed by atoms with Crippen LogP contribution in [0.4, 0.5) is 30.6 Å². The molecule has 1 saturated carbocycles. The number of hydrogen-bond acceptors (Lipinski definition) is 9. The maximum Gasteiger partial charge on any atom is 0.573 e. The molecule has 3 N–H and O–H groups in total. The molecule has 1 saturated heterocycles. The average Bonchev–Trinajstić information content (AvgIpc) is 3.16. The number of rotatable bonds is 9. The molecule has 37 heavy (non-hydrogen) atoms. The highest BCUT2D eigenvalue weighted by molar-refractivity contribution is 5.57. The molecule has 0 amide bonds. The summed E-state index contributed by atoms with van der Waals surface area (Å²) < 4.78 is 42.1. The standard InChI is InChI=1S/C24H32F3N7O3/c25-24(26,27)37-21-5-2-1-4-18(21)15-30-23-31-16-20(34(35)36)22(32-23)29-14-17-6-8-19(9-7-17)33-12-3-10-28-11-13-33/h1-2,4-5,16-17,19,28H,3,6-15H2,(H2,29,30,31,32)/t17-,19-. The number of halogens is 3. The molecule has 0 bridgehead atoms. The van der Waals surface area contributed by atoms with Crippen molar-refractivity contribution in [2.45, 2.75) is 51.1 Å². The van der Waals surface area contributed by atoms with Gasteiger partial charge >= 0.3 is 12.0 Å². The topological polar surface area (TPSA) is 117 Å². The number of hydrogen-bond donors (Lipinski definition) is 3. The maximum absolute atomic E-state index is 12.7. The Labute approximate surface area is 213 Å². The van der Waals surface area contributed by atoms with Gasteiger partial charge in [0.05, 0.1) is 4.92 Å². The van der Waals surface area contributed by atoms with E-state index in [0.29, 0.717) is 18.5 Å². The molecule has 2 fully saturated rings. The third kappa shape index (κ3) is 7.89. The van der Waals surface area contributed by atoms with Gasteiger partial charge in [-0.15, -0.1) is 13.2 Å². The zero-order valence-corrected chi connectivity index (χ0v) is 20.5. The zero-order chi connectivity index (χ0) is 26.3. The fraction of sp³-hybridized carbons (Fsp3) is 0.583. The summed E-state index contributed by atoms with van der Waals surface area (Å²) in [5, 5.41) is 20.9. The largest absolute Gasteiger partial charge is 0.573 e. The smallest absolute Gasteiger partial charge is 0.405 e. The highest BCUT2D eigenvalue weighted by atomic mass is 19.4. The minimum atomic E-state index is -4.82. The summed E-state index contributed by atoms with van der Waals surface area (Å²) in [6, 6.07) is 6.31. The Morgan fingerprint density at radius 1 is 1.14 bits per heavy atom. The molecule has 1 aliphatic carbocycles. The van der Waals surface area contributed by atoms with Gasteiger partial charge < -0.3 is 20.7 Å². The van der Waals surface area contributed by atoms with Crippen LogP contribution in [-0.2, 0) is 6.54 Å². The highest BCUT2D eigenvalue weighted by Gasteiger charge is 2.32. The number of nitrogens with one attached hydrogen (secondary N) is 3. The molecular formula is C24H32F3N7O3. The van der Waals surface area contributed by atoms with E-state index in [-0.39, 0.29) is 35.3 Å². The van der Waals surface area contributed by atoms with Gasteiger partial charge in [0, 0.05) is 37.8 Å². The lowest BCUT2D eigenvalue weighted by Crippen LogP contribution is -2.40. The SMILES string of the molecule is O=[N+]([O-])c1cnc(NCc2ccccc2OC(F)(F)F)nc1NC[C@H]1CC[C@H](N2CCCNCC2)CC1. The summed E-state index contributed by atoms with van der Waals surface area (Å²) in [5.41, 5.74) is -0.00894. The summed E-state index contributed by atoms with van der Waals surface area (Å²) >= 11 is 0. The predicted molar refractivity (Wildman–Crippen MR) is 132 cm³/mol. The van der Waals surface area contributed by atoms with E-state index in [0.717, 1.165) is 64.5 Å². The summed E-state index contributed by atoms with van der Waals surface area (Å²) in [7, 11) is 0. The van der Waals surface area contributed by atoms with E-state index in [1.807, 2.05) is 0 Å². The van der Waals surface area contributed by atoms with Gasteiger partial charge in [0.1, 0.15) is 11.9 Å². The van der Waals surface area contributed by atoms with Gasteiger partial charge in [-0.05, 0) is 57.2 Å². The Hall–Kier alpha value is -3.19. The lowest BCUT2D eigenvalue weighted by molar-refractivity contribution is -0.384. The molecule has 0 unspecified atom stereocenters. The molecule has 0 radical (unpaired) electrons. The molecule has 0 spiro atoms. The van der Waals surface area contributed by atoms with E-state index in [4.69, 9.17) is 0 Å². The van der Waals surface area contributed by atoms with E-state index < -0.39 is 11.3 Å². The molecule has 1 aliphatic heterocycles. The summed E-state index contributed by atoms with van der Waals surface area (Å²) in [6.07, 6.45) is 1.70. The number of nitrogens with zero attached hydrogens (tertiary/aromatic N) is 4. The van der Waals surface area contributed by atoms with Gasteiger partial charge in [-0.2, -0.15) is 4.98 Å². The lowest BCUT2D eigenvalue weighted by Gasteiger charge is -2.36. The second kappa shape index (κ2) is 12.4. The van der Waals surface area contributed by atoms with E-state index in [1.165, 1.54) is 18.2 Å². The van der Waals surface area contributed by atoms with E-state index in [2.05, 4.69) is 35.6 Å². The van der Waals surface area contributed by atoms with Crippen LogP contribution in [0.1, 0.15) is 37.7 Å². The number of alkyl halides is 3. The molecule has 13 heteroatoms. The van der Waals surface area contributed by atoms with Gasteiger partial charge in [-0.3, -0.25) is 15.0 Å². The van der Waals surface area contributed by atoms with Crippen LogP contribution in [0.5, 0.6) is 5.75 Å². The van der Waals surface area contributed by atoms with Crippen molar-refractivity contribution in [1.82, 2.24) is 20.2 Å². The van der Waals surface area contributed by atoms with Crippen molar-refractivity contribution >= 4 is 17.5 Å². The predicted octanol–water partition coefficient (Wildman–Crippen LogP) is 4.16. The highest BCUT2D eigenvalue weighted by Crippen LogP contribution is 2.30. The number of benzene rings is 1. The second-order valence-corrected chi connectivity index (χ2v) is 9.39. The second-order valence-electron chi connectivity index (χ2n) is 9.39. The average molecular weight is 524 g/mol. The zero-order valence-electron chi connectivity index (χ0n) is 20.5. The summed E-state index contributed by atoms with van der Waals surface area (Å²) in [4.78, 5) is 21.8. The van der Waals surface area contributed by atoms with Crippen molar-refractivity contribution in [1.29, 1.82) is 0 Å². The number of nitro groups is 1. The van der Waals surface area contributed by atoms with Crippen LogP contribution in [0.3, 0.4) is 0 Å². The Kier molecular flexibility index (Phi) is 8.98. The maximum atomic E-state index is 12.7. The van der Waals surface area contributed by atoms with Crippen LogP contribution < -0.4 is 20.7 Å². The number of anilines is 2. The first-order valence-electron chi connectivity index (χ1n) is 12.6. The Morgan fingerprint density at radius 2 is 1.92 bits per heavy atom. The number of ether oxygens (including phenoxy) is 1. The normalized spacial score (nSPS) is 21.2. The van der Waals surface area contributed by atoms with E-state index in [9.17, 15) is 23.3 Å².